The van der Waals surface area contributed by atoms with Crippen molar-refractivity contribution < 1.29 is 8.42 Å². The zero-order valence-corrected chi connectivity index (χ0v) is 10.0. The molecule has 1 saturated heterocycles. The Morgan fingerprint density at radius 3 is 2.44 bits per heavy atom. The smallest absolute Gasteiger partial charge is 0.151 e. The highest BCUT2D eigenvalue weighted by molar-refractivity contribution is 7.91. The molecule has 0 atom stereocenters. The van der Waals surface area contributed by atoms with Gasteiger partial charge >= 0.3 is 0 Å². The Hall–Kier alpha value is -0.870. The molecule has 1 heterocycles. The summed E-state index contributed by atoms with van der Waals surface area (Å²) in [6.07, 6.45) is 0.628. The number of hydrogen-bond donors (Lipinski definition) is 1. The normalized spacial score (nSPS) is 17.0. The van der Waals surface area contributed by atoms with Gasteiger partial charge in [0, 0.05) is 13.1 Å². The molecular formula is C12H17NO2S. The SMILES string of the molecule is O=S(=O)(CCc1ccccc1)CC1CNC1. The molecule has 3 nitrogen and oxygen atoms in total. The van der Waals surface area contributed by atoms with Crippen molar-refractivity contribution in [3.8, 4) is 0 Å². The Balaban J connectivity index is 1.84. The van der Waals surface area contributed by atoms with Crippen LogP contribution in [0.2, 0.25) is 0 Å². The van der Waals surface area contributed by atoms with E-state index in [1.54, 1.807) is 0 Å². The van der Waals surface area contributed by atoms with E-state index < -0.39 is 9.84 Å². The molecule has 0 unspecified atom stereocenters. The van der Waals surface area contributed by atoms with Gasteiger partial charge in [0.25, 0.3) is 0 Å². The fourth-order valence-corrected chi connectivity index (χ4v) is 3.49. The van der Waals surface area contributed by atoms with E-state index in [1.807, 2.05) is 30.3 Å². The summed E-state index contributed by atoms with van der Waals surface area (Å²) >= 11 is 0. The van der Waals surface area contributed by atoms with Gasteiger partial charge in [0.1, 0.15) is 0 Å². The van der Waals surface area contributed by atoms with E-state index in [-0.39, 0.29) is 5.75 Å². The second-order valence-electron chi connectivity index (χ2n) is 4.37. The molecule has 1 aliphatic rings. The van der Waals surface area contributed by atoms with Gasteiger partial charge in [-0.2, -0.15) is 0 Å². The maximum Gasteiger partial charge on any atom is 0.151 e. The summed E-state index contributed by atoms with van der Waals surface area (Å²) < 4.78 is 23.6. The Kier molecular flexibility index (Phi) is 3.61. The van der Waals surface area contributed by atoms with Crippen LogP contribution < -0.4 is 5.32 Å². The summed E-state index contributed by atoms with van der Waals surface area (Å²) in [6, 6.07) is 9.77. The van der Waals surface area contributed by atoms with Crippen molar-refractivity contribution in [2.45, 2.75) is 6.42 Å². The molecule has 2 rings (SSSR count). The lowest BCUT2D eigenvalue weighted by molar-refractivity contribution is 0.378. The van der Waals surface area contributed by atoms with Gasteiger partial charge in [-0.05, 0) is 17.9 Å². The van der Waals surface area contributed by atoms with Gasteiger partial charge in [-0.1, -0.05) is 30.3 Å². The lowest BCUT2D eigenvalue weighted by Gasteiger charge is -2.26. The summed E-state index contributed by atoms with van der Waals surface area (Å²) in [5.74, 6) is 0.946. The summed E-state index contributed by atoms with van der Waals surface area (Å²) in [5, 5.41) is 3.09. The van der Waals surface area contributed by atoms with Crippen molar-refractivity contribution in [1.29, 1.82) is 0 Å². The first-order valence-corrected chi connectivity index (χ1v) is 7.43. The standard InChI is InChI=1S/C12H17NO2S/c14-16(15,10-12-8-13-9-12)7-6-11-4-2-1-3-5-11/h1-5,12-13H,6-10H2. The highest BCUT2D eigenvalue weighted by atomic mass is 32.2. The molecule has 88 valence electrons. The van der Waals surface area contributed by atoms with Gasteiger partial charge in [-0.3, -0.25) is 0 Å². The van der Waals surface area contributed by atoms with Crippen LogP contribution in [0.15, 0.2) is 30.3 Å². The number of rotatable bonds is 5. The Morgan fingerprint density at radius 1 is 1.19 bits per heavy atom. The maximum atomic E-state index is 11.8. The minimum Gasteiger partial charge on any atom is -0.316 e. The monoisotopic (exact) mass is 239 g/mol. The van der Waals surface area contributed by atoms with Crippen LogP contribution in [-0.4, -0.2) is 33.0 Å². The van der Waals surface area contributed by atoms with E-state index in [4.69, 9.17) is 0 Å². The van der Waals surface area contributed by atoms with Crippen LogP contribution >= 0.6 is 0 Å². The first-order chi connectivity index (χ1) is 7.66. The summed E-state index contributed by atoms with van der Waals surface area (Å²) in [6.45, 7) is 1.70. The second-order valence-corrected chi connectivity index (χ2v) is 6.60. The van der Waals surface area contributed by atoms with Crippen LogP contribution in [0.3, 0.4) is 0 Å². The van der Waals surface area contributed by atoms with Crippen LogP contribution in [0, 0.1) is 5.92 Å². The highest BCUT2D eigenvalue weighted by Crippen LogP contribution is 2.09. The molecule has 4 heteroatoms. The zero-order valence-electron chi connectivity index (χ0n) is 9.22. The second kappa shape index (κ2) is 4.97. The number of nitrogens with one attached hydrogen (secondary N) is 1. The third-order valence-corrected chi connectivity index (χ3v) is 4.71. The van der Waals surface area contributed by atoms with Crippen molar-refractivity contribution in [3.63, 3.8) is 0 Å². The number of sulfone groups is 1. The van der Waals surface area contributed by atoms with E-state index >= 15 is 0 Å². The van der Waals surface area contributed by atoms with Gasteiger partial charge in [0.05, 0.1) is 11.5 Å². The summed E-state index contributed by atoms with van der Waals surface area (Å²) in [5.41, 5.74) is 1.10. The van der Waals surface area contributed by atoms with Gasteiger partial charge in [0.2, 0.25) is 0 Å². The highest BCUT2D eigenvalue weighted by Gasteiger charge is 2.23. The molecule has 0 aliphatic carbocycles. The minimum atomic E-state index is -2.88. The van der Waals surface area contributed by atoms with E-state index in [2.05, 4.69) is 5.32 Å². The topological polar surface area (TPSA) is 46.2 Å². The fraction of sp³-hybridized carbons (Fsp3) is 0.500. The molecule has 1 fully saturated rings. The third-order valence-electron chi connectivity index (χ3n) is 2.90. The van der Waals surface area contributed by atoms with E-state index in [9.17, 15) is 8.42 Å². The van der Waals surface area contributed by atoms with Crippen molar-refractivity contribution in [3.05, 3.63) is 35.9 Å². The van der Waals surface area contributed by atoms with Crippen LogP contribution in [0.5, 0.6) is 0 Å². The van der Waals surface area contributed by atoms with Crippen molar-refractivity contribution in [2.75, 3.05) is 24.6 Å². The number of benzene rings is 1. The molecule has 0 spiro atoms. The van der Waals surface area contributed by atoms with Crippen molar-refractivity contribution in [2.24, 2.45) is 5.92 Å². The first kappa shape index (κ1) is 11.6. The minimum absolute atomic E-state index is 0.271. The summed E-state index contributed by atoms with van der Waals surface area (Å²) in [7, 11) is -2.88. The predicted octanol–water partition coefficient (Wildman–Crippen LogP) is 0.863. The lowest BCUT2D eigenvalue weighted by atomic mass is 10.1. The Morgan fingerprint density at radius 2 is 1.88 bits per heavy atom. The Bertz CT molecular complexity index is 424. The molecule has 0 bridgehead atoms. The average molecular weight is 239 g/mol. The fourth-order valence-electron chi connectivity index (χ4n) is 1.83. The van der Waals surface area contributed by atoms with Gasteiger partial charge in [-0.25, -0.2) is 8.42 Å². The predicted molar refractivity (Wildman–Crippen MR) is 65.2 cm³/mol. The largest absolute Gasteiger partial charge is 0.316 e. The van der Waals surface area contributed by atoms with Gasteiger partial charge in [-0.15, -0.1) is 0 Å². The Labute approximate surface area is 96.8 Å². The van der Waals surface area contributed by atoms with E-state index in [0.717, 1.165) is 18.7 Å². The molecule has 1 N–H and O–H groups in total. The van der Waals surface area contributed by atoms with Crippen LogP contribution in [-0.2, 0) is 16.3 Å². The maximum absolute atomic E-state index is 11.8. The van der Waals surface area contributed by atoms with E-state index in [0.29, 0.717) is 18.1 Å². The zero-order chi connectivity index (χ0) is 11.4. The third kappa shape index (κ3) is 3.32. The molecule has 1 aliphatic heterocycles. The molecule has 0 saturated carbocycles. The van der Waals surface area contributed by atoms with Crippen molar-refractivity contribution in [1.82, 2.24) is 5.32 Å². The number of aryl methyl sites for hydroxylation is 1. The molecule has 0 amide bonds. The molecular weight excluding hydrogens is 222 g/mol. The molecule has 0 radical (unpaired) electrons. The van der Waals surface area contributed by atoms with Crippen molar-refractivity contribution >= 4 is 9.84 Å². The van der Waals surface area contributed by atoms with Crippen LogP contribution in [0.1, 0.15) is 5.56 Å². The first-order valence-electron chi connectivity index (χ1n) is 5.61. The molecule has 16 heavy (non-hydrogen) atoms. The van der Waals surface area contributed by atoms with Gasteiger partial charge in [0.15, 0.2) is 9.84 Å². The van der Waals surface area contributed by atoms with Gasteiger partial charge < -0.3 is 5.32 Å². The van der Waals surface area contributed by atoms with Crippen LogP contribution in [0.4, 0.5) is 0 Å². The lowest BCUT2D eigenvalue weighted by Crippen LogP contribution is -2.45. The summed E-state index contributed by atoms with van der Waals surface area (Å²) in [4.78, 5) is 0. The quantitative estimate of drug-likeness (QED) is 0.829. The number of hydrogen-bond acceptors (Lipinski definition) is 3. The molecule has 1 aromatic rings. The van der Waals surface area contributed by atoms with Crippen LogP contribution in [0.25, 0.3) is 0 Å². The average Bonchev–Trinajstić information content (AvgIpc) is 2.23. The molecule has 1 aromatic carbocycles. The van der Waals surface area contributed by atoms with E-state index in [1.165, 1.54) is 0 Å². The molecule has 0 aromatic heterocycles.